The minimum Gasteiger partial charge on any atom is -0.490 e. The maximum Gasteiger partial charge on any atom is 0.460 e. The summed E-state index contributed by atoms with van der Waals surface area (Å²) < 4.78 is 149. The van der Waals surface area contributed by atoms with Crippen molar-refractivity contribution < 1.29 is 62.9 Å². The minimum absolute atomic E-state index is 0.108. The molecule has 1 N–H and O–H groups in total. The Labute approximate surface area is 190 Å². The number of carbonyl (C=O) groups is 1. The molecule has 0 aliphatic carbocycles. The number of aromatic carboxylic acids is 1. The van der Waals surface area contributed by atoms with Crippen LogP contribution in [0.3, 0.4) is 0 Å². The van der Waals surface area contributed by atoms with Crippen LogP contribution in [0.1, 0.15) is 29.6 Å². The first-order valence-electron chi connectivity index (χ1n) is 9.58. The summed E-state index contributed by atoms with van der Waals surface area (Å²) in [5.74, 6) is -24.3. The van der Waals surface area contributed by atoms with Crippen LogP contribution < -0.4 is 4.74 Å². The molecule has 0 heterocycles. The third kappa shape index (κ3) is 5.61. The van der Waals surface area contributed by atoms with E-state index in [4.69, 9.17) is 9.84 Å². The normalized spacial score (nSPS) is 13.1. The average Bonchev–Trinajstić information content (AvgIpc) is 2.75. The Kier molecular flexibility index (Phi) is 7.97. The summed E-state index contributed by atoms with van der Waals surface area (Å²) in [6, 6.07) is 6.69. The molecule has 0 aliphatic heterocycles. The number of alkyl halides is 9. The molecule has 0 amide bonds. The van der Waals surface area contributed by atoms with Gasteiger partial charge in [-0.2, -0.15) is 43.9 Å². The fourth-order valence-corrected chi connectivity index (χ4v) is 2.85. The summed E-state index contributed by atoms with van der Waals surface area (Å²) in [6.45, 7) is -0.680. The van der Waals surface area contributed by atoms with Crippen molar-refractivity contribution in [1.29, 1.82) is 0 Å². The standard InChI is InChI=1S/C21H15F11O3/c22-15-13(11-3-5-12(6-4-11)17(33)34)7-8-14(16(15)23)35-10-2-1-9-18(24,25)19(26,27)20(28,29)21(30,31)32/h3-8H,1-2,9-10H2,(H,33,34). The van der Waals surface area contributed by atoms with E-state index >= 15 is 0 Å². The second-order valence-corrected chi connectivity index (χ2v) is 7.28. The first-order chi connectivity index (χ1) is 15.9. The quantitative estimate of drug-likeness (QED) is 0.261. The fraction of sp³-hybridized carbons (Fsp3) is 0.381. The topological polar surface area (TPSA) is 46.5 Å². The molecule has 0 bridgehead atoms. The highest BCUT2D eigenvalue weighted by molar-refractivity contribution is 5.88. The second-order valence-electron chi connectivity index (χ2n) is 7.28. The van der Waals surface area contributed by atoms with Crippen molar-refractivity contribution in [3.05, 3.63) is 53.6 Å². The van der Waals surface area contributed by atoms with Crippen molar-refractivity contribution >= 4 is 5.97 Å². The number of ether oxygens (including phenoxy) is 1. The molecule has 2 rings (SSSR count). The van der Waals surface area contributed by atoms with Gasteiger partial charge in [-0.3, -0.25) is 0 Å². The number of hydrogen-bond donors (Lipinski definition) is 1. The van der Waals surface area contributed by atoms with Gasteiger partial charge in [0.05, 0.1) is 12.2 Å². The molecule has 0 radical (unpaired) electrons. The molecule has 3 nitrogen and oxygen atoms in total. The average molecular weight is 524 g/mol. The molecule has 0 spiro atoms. The number of carboxylic acids is 1. The van der Waals surface area contributed by atoms with E-state index in [9.17, 15) is 53.1 Å². The van der Waals surface area contributed by atoms with E-state index in [2.05, 4.69) is 0 Å². The molecule has 0 fully saturated rings. The van der Waals surface area contributed by atoms with Gasteiger partial charge in [0.25, 0.3) is 0 Å². The van der Waals surface area contributed by atoms with Crippen LogP contribution in [0.2, 0.25) is 0 Å². The summed E-state index contributed by atoms with van der Waals surface area (Å²) >= 11 is 0. The molecule has 2 aromatic carbocycles. The molecular formula is C21H15F11O3. The van der Waals surface area contributed by atoms with E-state index in [-0.39, 0.29) is 16.7 Å². The van der Waals surface area contributed by atoms with Gasteiger partial charge in [-0.1, -0.05) is 12.1 Å². The lowest BCUT2D eigenvalue weighted by Gasteiger charge is -2.33. The highest BCUT2D eigenvalue weighted by atomic mass is 19.4. The minimum atomic E-state index is -6.98. The van der Waals surface area contributed by atoms with Gasteiger partial charge in [0.15, 0.2) is 11.6 Å². The number of carboxylic acid groups (broad SMARTS) is 1. The van der Waals surface area contributed by atoms with Gasteiger partial charge in [0.1, 0.15) is 0 Å². The maximum absolute atomic E-state index is 14.4. The lowest BCUT2D eigenvalue weighted by molar-refractivity contribution is -0.396. The second kappa shape index (κ2) is 9.90. The van der Waals surface area contributed by atoms with Gasteiger partial charge in [0, 0.05) is 12.0 Å². The highest BCUT2D eigenvalue weighted by Gasteiger charge is 2.81. The molecule has 0 aromatic heterocycles. The molecule has 2 aromatic rings. The third-order valence-corrected chi connectivity index (χ3v) is 4.84. The maximum atomic E-state index is 14.4. The van der Waals surface area contributed by atoms with Crippen LogP contribution in [0.4, 0.5) is 48.3 Å². The smallest absolute Gasteiger partial charge is 0.460 e. The van der Waals surface area contributed by atoms with Crippen LogP contribution in [0, 0.1) is 11.6 Å². The number of hydrogen-bond acceptors (Lipinski definition) is 2. The van der Waals surface area contributed by atoms with Crippen LogP contribution in [0.25, 0.3) is 11.1 Å². The molecule has 194 valence electrons. The summed E-state index contributed by atoms with van der Waals surface area (Å²) in [4.78, 5) is 10.8. The zero-order valence-electron chi connectivity index (χ0n) is 17.2. The Bertz CT molecular complexity index is 1050. The number of halogens is 11. The summed E-state index contributed by atoms with van der Waals surface area (Å²) in [7, 11) is 0. The van der Waals surface area contributed by atoms with Crippen LogP contribution in [-0.4, -0.2) is 41.6 Å². The van der Waals surface area contributed by atoms with Crippen molar-refractivity contribution in [2.75, 3.05) is 6.61 Å². The van der Waals surface area contributed by atoms with Gasteiger partial charge >= 0.3 is 29.9 Å². The van der Waals surface area contributed by atoms with Crippen molar-refractivity contribution in [3.8, 4) is 16.9 Å². The molecule has 0 saturated heterocycles. The fourth-order valence-electron chi connectivity index (χ4n) is 2.85. The molecule has 0 unspecified atom stereocenters. The van der Waals surface area contributed by atoms with Crippen molar-refractivity contribution in [2.45, 2.75) is 43.2 Å². The van der Waals surface area contributed by atoms with E-state index < -0.39 is 73.2 Å². The molecule has 35 heavy (non-hydrogen) atoms. The van der Waals surface area contributed by atoms with Crippen LogP contribution in [-0.2, 0) is 0 Å². The Morgan fingerprint density at radius 3 is 1.86 bits per heavy atom. The Morgan fingerprint density at radius 1 is 0.771 bits per heavy atom. The number of unbranched alkanes of at least 4 members (excludes halogenated alkanes) is 1. The van der Waals surface area contributed by atoms with Gasteiger partial charge in [-0.15, -0.1) is 0 Å². The molecule has 0 aliphatic rings. The van der Waals surface area contributed by atoms with E-state index in [1.807, 2.05) is 0 Å². The predicted octanol–water partition coefficient (Wildman–Crippen LogP) is 7.35. The van der Waals surface area contributed by atoms with E-state index in [0.29, 0.717) is 0 Å². The van der Waals surface area contributed by atoms with Crippen molar-refractivity contribution in [1.82, 2.24) is 0 Å². The van der Waals surface area contributed by atoms with Crippen molar-refractivity contribution in [2.24, 2.45) is 0 Å². The first kappa shape index (κ1) is 28.2. The monoisotopic (exact) mass is 524 g/mol. The number of rotatable bonds is 10. The first-order valence-corrected chi connectivity index (χ1v) is 9.58. The zero-order valence-corrected chi connectivity index (χ0v) is 17.2. The van der Waals surface area contributed by atoms with E-state index in [0.717, 1.165) is 24.3 Å². The zero-order chi connectivity index (χ0) is 26.8. The van der Waals surface area contributed by atoms with Gasteiger partial charge in [-0.05, 0) is 42.7 Å². The summed E-state index contributed by atoms with van der Waals surface area (Å²) in [5.41, 5.74) is -0.281. The Morgan fingerprint density at radius 2 is 1.34 bits per heavy atom. The lowest BCUT2D eigenvalue weighted by atomic mass is 9.99. The van der Waals surface area contributed by atoms with Crippen molar-refractivity contribution in [3.63, 3.8) is 0 Å². The third-order valence-electron chi connectivity index (χ3n) is 4.84. The Hall–Kier alpha value is -3.06. The summed E-state index contributed by atoms with van der Waals surface area (Å²) in [5, 5.41) is 8.85. The SMILES string of the molecule is O=C(O)c1ccc(-c2ccc(OCCCCC(F)(F)C(F)(F)C(F)(F)C(F)(F)F)c(F)c2F)cc1. The van der Waals surface area contributed by atoms with Gasteiger partial charge in [0.2, 0.25) is 5.82 Å². The lowest BCUT2D eigenvalue weighted by Crippen LogP contribution is -2.60. The van der Waals surface area contributed by atoms with Gasteiger partial charge in [-0.25, -0.2) is 9.18 Å². The molecule has 0 saturated carbocycles. The highest BCUT2D eigenvalue weighted by Crippen LogP contribution is 2.54. The molecule has 14 heteroatoms. The predicted molar refractivity (Wildman–Crippen MR) is 99.0 cm³/mol. The summed E-state index contributed by atoms with van der Waals surface area (Å²) in [6.07, 6.45) is -10.6. The Balaban J connectivity index is 1.99. The van der Waals surface area contributed by atoms with Crippen LogP contribution >= 0.6 is 0 Å². The van der Waals surface area contributed by atoms with E-state index in [1.54, 1.807) is 0 Å². The van der Waals surface area contributed by atoms with Gasteiger partial charge < -0.3 is 9.84 Å². The van der Waals surface area contributed by atoms with Crippen LogP contribution in [0.5, 0.6) is 5.75 Å². The largest absolute Gasteiger partial charge is 0.490 e. The van der Waals surface area contributed by atoms with Crippen LogP contribution in [0.15, 0.2) is 36.4 Å². The molecular weight excluding hydrogens is 509 g/mol. The molecule has 0 atom stereocenters. The van der Waals surface area contributed by atoms with E-state index in [1.165, 1.54) is 12.1 Å². The number of benzene rings is 2.